The van der Waals surface area contributed by atoms with Gasteiger partial charge in [-0.25, -0.2) is 0 Å². The first-order chi connectivity index (χ1) is 25.8. The van der Waals surface area contributed by atoms with Gasteiger partial charge in [0.2, 0.25) is 0 Å². The summed E-state index contributed by atoms with van der Waals surface area (Å²) in [6.07, 6.45) is 0. The SMILES string of the molecule is c1ccc(-c2cc(-c3c4ccccc4c(-c4ccc5c(c4)c4ccccc4n5-c4ccccc4)c4ccccc34)c3c(c2)oc2ccccc23)cc1. The van der Waals surface area contributed by atoms with Crippen molar-refractivity contribution in [2.45, 2.75) is 0 Å². The summed E-state index contributed by atoms with van der Waals surface area (Å²) in [5, 5.41) is 9.68. The molecule has 0 aliphatic carbocycles. The summed E-state index contributed by atoms with van der Waals surface area (Å²) in [6.45, 7) is 0. The molecule has 11 aromatic rings. The zero-order chi connectivity index (χ0) is 34.2. The van der Waals surface area contributed by atoms with Gasteiger partial charge in [0.1, 0.15) is 11.2 Å². The number of rotatable bonds is 4. The van der Waals surface area contributed by atoms with Gasteiger partial charge < -0.3 is 8.98 Å². The first-order valence-electron chi connectivity index (χ1n) is 17.9. The molecule has 0 saturated heterocycles. The Bertz CT molecular complexity index is 3110. The lowest BCUT2D eigenvalue weighted by molar-refractivity contribution is 0.669. The van der Waals surface area contributed by atoms with Crippen LogP contribution in [0, 0.1) is 0 Å². The second kappa shape index (κ2) is 11.3. The molecule has 242 valence electrons. The first-order valence-corrected chi connectivity index (χ1v) is 17.9. The lowest BCUT2D eigenvalue weighted by Gasteiger charge is -2.19. The number of hydrogen-bond acceptors (Lipinski definition) is 1. The van der Waals surface area contributed by atoms with Crippen molar-refractivity contribution in [3.05, 3.63) is 188 Å². The van der Waals surface area contributed by atoms with Crippen molar-refractivity contribution >= 4 is 65.3 Å². The highest BCUT2D eigenvalue weighted by molar-refractivity contribution is 6.26. The molecular formula is C50H31NO. The number of benzene rings is 9. The van der Waals surface area contributed by atoms with Gasteiger partial charge in [0.25, 0.3) is 0 Å². The van der Waals surface area contributed by atoms with Crippen molar-refractivity contribution in [1.82, 2.24) is 4.57 Å². The average molecular weight is 662 g/mol. The molecule has 0 amide bonds. The zero-order valence-corrected chi connectivity index (χ0v) is 28.3. The van der Waals surface area contributed by atoms with Crippen LogP contribution in [0.1, 0.15) is 0 Å². The minimum absolute atomic E-state index is 0.898. The lowest BCUT2D eigenvalue weighted by atomic mass is 9.84. The fourth-order valence-corrected chi connectivity index (χ4v) is 8.56. The number of nitrogens with zero attached hydrogens (tertiary/aromatic N) is 1. The molecule has 0 unspecified atom stereocenters. The highest BCUT2D eigenvalue weighted by Gasteiger charge is 2.22. The van der Waals surface area contributed by atoms with Crippen LogP contribution in [0.25, 0.3) is 104 Å². The van der Waals surface area contributed by atoms with E-state index in [9.17, 15) is 0 Å². The third-order valence-electron chi connectivity index (χ3n) is 10.8. The lowest BCUT2D eigenvalue weighted by Crippen LogP contribution is -1.93. The summed E-state index contributed by atoms with van der Waals surface area (Å²) >= 11 is 0. The maximum atomic E-state index is 6.60. The van der Waals surface area contributed by atoms with Crippen molar-refractivity contribution < 1.29 is 4.42 Å². The van der Waals surface area contributed by atoms with Crippen LogP contribution in [-0.2, 0) is 0 Å². The van der Waals surface area contributed by atoms with E-state index in [-0.39, 0.29) is 0 Å². The first kappa shape index (κ1) is 28.9. The summed E-state index contributed by atoms with van der Waals surface area (Å²) in [7, 11) is 0. The Morgan fingerprint density at radius 2 is 0.885 bits per heavy atom. The molecule has 2 heteroatoms. The van der Waals surface area contributed by atoms with E-state index in [1.807, 2.05) is 0 Å². The van der Waals surface area contributed by atoms with Crippen molar-refractivity contribution in [1.29, 1.82) is 0 Å². The van der Waals surface area contributed by atoms with E-state index in [2.05, 4.69) is 193 Å². The maximum absolute atomic E-state index is 6.60. The molecule has 0 radical (unpaired) electrons. The Kier molecular flexibility index (Phi) is 6.28. The van der Waals surface area contributed by atoms with E-state index in [0.717, 1.165) is 33.2 Å². The fraction of sp³-hybridized carbons (Fsp3) is 0. The molecule has 0 bridgehead atoms. The van der Waals surface area contributed by atoms with E-state index in [4.69, 9.17) is 4.42 Å². The Hall–Kier alpha value is -6.90. The smallest absolute Gasteiger partial charge is 0.136 e. The summed E-state index contributed by atoms with van der Waals surface area (Å²) < 4.78 is 8.98. The van der Waals surface area contributed by atoms with Gasteiger partial charge in [0, 0.05) is 27.2 Å². The Balaban J connectivity index is 1.24. The molecule has 0 saturated carbocycles. The monoisotopic (exact) mass is 661 g/mol. The Morgan fingerprint density at radius 1 is 0.327 bits per heavy atom. The molecule has 0 aliphatic rings. The molecule has 0 spiro atoms. The van der Waals surface area contributed by atoms with Gasteiger partial charge in [-0.2, -0.15) is 0 Å². The number of para-hydroxylation sites is 3. The standard InChI is InChI=1S/C50H31NO/c1-3-15-32(16-4-1)34-30-43(50-41-24-12-14-26-46(41)52-47(50)31-34)49-39-22-9-7-20-37(39)48(38-21-8-10-23-40(38)49)33-27-28-45-42(29-33)36-19-11-13-25-44(36)51(45)35-17-5-2-6-18-35/h1-31H. The molecule has 0 aliphatic heterocycles. The van der Waals surface area contributed by atoms with Crippen LogP contribution in [-0.4, -0.2) is 4.57 Å². The third kappa shape index (κ3) is 4.25. The second-order valence-electron chi connectivity index (χ2n) is 13.6. The van der Waals surface area contributed by atoms with E-state index in [1.54, 1.807) is 0 Å². The molecular weight excluding hydrogens is 631 g/mol. The quantitative estimate of drug-likeness (QED) is 0.172. The largest absolute Gasteiger partial charge is 0.456 e. The molecule has 2 heterocycles. The van der Waals surface area contributed by atoms with Gasteiger partial charge in [-0.3, -0.25) is 0 Å². The number of aromatic nitrogens is 1. The van der Waals surface area contributed by atoms with Crippen molar-refractivity contribution in [2.24, 2.45) is 0 Å². The topological polar surface area (TPSA) is 18.1 Å². The average Bonchev–Trinajstić information content (AvgIpc) is 3.76. The van der Waals surface area contributed by atoms with E-state index < -0.39 is 0 Å². The predicted octanol–water partition coefficient (Wildman–Crippen LogP) is 14.0. The van der Waals surface area contributed by atoms with Crippen LogP contribution in [0.2, 0.25) is 0 Å². The Labute approximate surface area is 300 Å². The van der Waals surface area contributed by atoms with Crippen LogP contribution in [0.5, 0.6) is 0 Å². The Morgan fingerprint density at radius 3 is 1.60 bits per heavy atom. The second-order valence-corrected chi connectivity index (χ2v) is 13.6. The molecule has 0 fully saturated rings. The van der Waals surface area contributed by atoms with Crippen molar-refractivity contribution in [3.63, 3.8) is 0 Å². The van der Waals surface area contributed by atoms with Crippen LogP contribution < -0.4 is 0 Å². The molecule has 2 aromatic heterocycles. The highest BCUT2D eigenvalue weighted by Crippen LogP contribution is 2.48. The number of hydrogen-bond donors (Lipinski definition) is 0. The number of fused-ring (bicyclic) bond motifs is 8. The minimum Gasteiger partial charge on any atom is -0.456 e. The molecule has 9 aromatic carbocycles. The fourth-order valence-electron chi connectivity index (χ4n) is 8.56. The highest BCUT2D eigenvalue weighted by atomic mass is 16.3. The van der Waals surface area contributed by atoms with Gasteiger partial charge in [-0.05, 0) is 103 Å². The predicted molar refractivity (Wildman–Crippen MR) is 219 cm³/mol. The van der Waals surface area contributed by atoms with Gasteiger partial charge >= 0.3 is 0 Å². The molecule has 0 atom stereocenters. The van der Waals surface area contributed by atoms with Gasteiger partial charge in [-0.1, -0.05) is 140 Å². The summed E-state index contributed by atoms with van der Waals surface area (Å²) in [5.74, 6) is 0. The third-order valence-corrected chi connectivity index (χ3v) is 10.8. The van der Waals surface area contributed by atoms with Gasteiger partial charge in [-0.15, -0.1) is 0 Å². The normalized spacial score (nSPS) is 11.8. The molecule has 11 rings (SSSR count). The van der Waals surface area contributed by atoms with Gasteiger partial charge in [0.05, 0.1) is 11.0 Å². The van der Waals surface area contributed by atoms with Crippen molar-refractivity contribution in [2.75, 3.05) is 0 Å². The summed E-state index contributed by atoms with van der Waals surface area (Å²) in [4.78, 5) is 0. The van der Waals surface area contributed by atoms with Crippen LogP contribution in [0.15, 0.2) is 192 Å². The zero-order valence-electron chi connectivity index (χ0n) is 28.3. The molecule has 52 heavy (non-hydrogen) atoms. The molecule has 0 N–H and O–H groups in total. The van der Waals surface area contributed by atoms with E-state index >= 15 is 0 Å². The van der Waals surface area contributed by atoms with Crippen LogP contribution in [0.3, 0.4) is 0 Å². The van der Waals surface area contributed by atoms with E-state index in [0.29, 0.717) is 0 Å². The van der Waals surface area contributed by atoms with Crippen molar-refractivity contribution in [3.8, 4) is 39.1 Å². The summed E-state index contributed by atoms with van der Waals surface area (Å²) in [6, 6.07) is 68.0. The van der Waals surface area contributed by atoms with Crippen LogP contribution in [0.4, 0.5) is 0 Å². The number of furan rings is 1. The maximum Gasteiger partial charge on any atom is 0.136 e. The summed E-state index contributed by atoms with van der Waals surface area (Å²) in [5.41, 5.74) is 12.5. The minimum atomic E-state index is 0.898. The van der Waals surface area contributed by atoms with Gasteiger partial charge in [0.15, 0.2) is 0 Å². The molecule has 2 nitrogen and oxygen atoms in total. The van der Waals surface area contributed by atoms with Crippen LogP contribution >= 0.6 is 0 Å². The van der Waals surface area contributed by atoms with E-state index in [1.165, 1.54) is 71.2 Å².